The Balaban J connectivity index is 0.00000205. The monoisotopic (exact) mass is 656 g/mol. The predicted molar refractivity (Wildman–Crippen MR) is 172 cm³/mol. The highest BCUT2D eigenvalue weighted by atomic mass is 35.5. The number of piperazine rings is 1. The number of ether oxygens (including phenoxy) is 2. The quantitative estimate of drug-likeness (QED) is 0.259. The summed E-state index contributed by atoms with van der Waals surface area (Å²) in [4.78, 5) is 21.3. The number of hydrogen-bond donors (Lipinski definition) is 2. The molecule has 0 spiro atoms. The van der Waals surface area contributed by atoms with Crippen LogP contribution in [0.1, 0.15) is 10.4 Å². The molecule has 1 aliphatic rings. The van der Waals surface area contributed by atoms with Crippen LogP contribution >= 0.6 is 37.2 Å². The number of methoxy groups -OCH3 is 2. The fourth-order valence-electron chi connectivity index (χ4n) is 4.64. The molecule has 10 nitrogen and oxygen atoms in total. The Morgan fingerprint density at radius 3 is 2.10 bits per heavy atom. The molecule has 0 bridgehead atoms. The average Bonchev–Trinajstić information content (AvgIpc) is 2.96. The number of aromatic nitrogens is 1. The summed E-state index contributed by atoms with van der Waals surface area (Å²) in [6.45, 7) is 2.94. The van der Waals surface area contributed by atoms with E-state index in [1.165, 1.54) is 38.5 Å². The molecule has 3 aromatic carbocycles. The van der Waals surface area contributed by atoms with Crippen molar-refractivity contribution in [2.75, 3.05) is 54.9 Å². The highest BCUT2D eigenvalue weighted by Crippen LogP contribution is 2.31. The van der Waals surface area contributed by atoms with Gasteiger partial charge >= 0.3 is 5.97 Å². The smallest absolute Gasteiger partial charge is 0.336 e. The lowest BCUT2D eigenvalue weighted by atomic mass is 10.1. The van der Waals surface area contributed by atoms with Crippen LogP contribution in [-0.4, -0.2) is 64.9 Å². The molecular weight excluding hydrogens is 627 g/mol. The third-order valence-corrected chi connectivity index (χ3v) is 8.05. The van der Waals surface area contributed by atoms with Crippen molar-refractivity contribution in [3.05, 3.63) is 78.4 Å². The summed E-state index contributed by atoms with van der Waals surface area (Å²) in [7, 11) is -1.11. The van der Waals surface area contributed by atoms with Crippen LogP contribution in [0, 0.1) is 0 Å². The maximum absolute atomic E-state index is 13.1. The first-order valence-electron chi connectivity index (χ1n) is 12.3. The largest absolute Gasteiger partial charge is 0.493 e. The number of hydrogen-bond acceptors (Lipinski definition) is 8. The highest BCUT2D eigenvalue weighted by molar-refractivity contribution is 7.92. The molecule has 1 aliphatic heterocycles. The van der Waals surface area contributed by atoms with E-state index < -0.39 is 16.0 Å². The van der Waals surface area contributed by atoms with E-state index in [-0.39, 0.29) is 59.1 Å². The van der Waals surface area contributed by atoms with Crippen LogP contribution in [0.2, 0.25) is 0 Å². The van der Waals surface area contributed by atoms with Crippen molar-refractivity contribution in [1.82, 2.24) is 4.98 Å². The first kappa shape index (κ1) is 34.6. The van der Waals surface area contributed by atoms with Gasteiger partial charge in [0.2, 0.25) is 0 Å². The number of sulfonamides is 1. The molecular formula is C28H31Cl3N4O6S. The molecule has 0 aliphatic carbocycles. The molecule has 1 fully saturated rings. The molecule has 5 rings (SSSR count). The van der Waals surface area contributed by atoms with Gasteiger partial charge in [-0.25, -0.2) is 18.2 Å². The van der Waals surface area contributed by atoms with E-state index in [4.69, 9.17) is 14.5 Å². The van der Waals surface area contributed by atoms with Gasteiger partial charge in [0.25, 0.3) is 10.0 Å². The number of nitrogens with zero attached hydrogens (tertiary/aromatic N) is 3. The Kier molecular flexibility index (Phi) is 11.9. The summed E-state index contributed by atoms with van der Waals surface area (Å²) in [6, 6.07) is 20.6. The van der Waals surface area contributed by atoms with Gasteiger partial charge < -0.3 is 24.4 Å². The number of anilines is 3. The zero-order valence-corrected chi connectivity index (χ0v) is 26.0. The van der Waals surface area contributed by atoms with Gasteiger partial charge in [0.15, 0.2) is 11.5 Å². The third-order valence-electron chi connectivity index (χ3n) is 6.67. The van der Waals surface area contributed by atoms with Gasteiger partial charge in [-0.1, -0.05) is 18.2 Å². The predicted octanol–water partition coefficient (Wildman–Crippen LogP) is 5.34. The number of nitrogens with one attached hydrogen (secondary N) is 1. The second-order valence-corrected chi connectivity index (χ2v) is 10.7. The molecule has 42 heavy (non-hydrogen) atoms. The van der Waals surface area contributed by atoms with Gasteiger partial charge in [0.05, 0.1) is 30.2 Å². The summed E-state index contributed by atoms with van der Waals surface area (Å²) in [6.07, 6.45) is 0. The number of benzene rings is 3. The average molecular weight is 658 g/mol. The Bertz CT molecular complexity index is 1640. The van der Waals surface area contributed by atoms with Crippen LogP contribution in [0.3, 0.4) is 0 Å². The van der Waals surface area contributed by atoms with Gasteiger partial charge in [-0.2, -0.15) is 0 Å². The highest BCUT2D eigenvalue weighted by Gasteiger charge is 2.22. The molecule has 226 valence electrons. The van der Waals surface area contributed by atoms with Crippen LogP contribution < -0.4 is 24.0 Å². The summed E-state index contributed by atoms with van der Waals surface area (Å²) in [5.41, 5.74) is 1.88. The zero-order chi connectivity index (χ0) is 27.6. The molecule has 0 amide bonds. The lowest BCUT2D eigenvalue weighted by Crippen LogP contribution is -2.46. The number of para-hydroxylation sites is 1. The fourth-order valence-corrected chi connectivity index (χ4v) is 5.71. The SMILES string of the molecule is COc1ccc(S(=O)(=O)Nc2ccc3nc(N4CCN(c5ccccc5)CC4)cc(C(=O)O)c3c2)cc1OC.Cl.Cl.Cl. The van der Waals surface area contributed by atoms with E-state index in [1.54, 1.807) is 18.2 Å². The van der Waals surface area contributed by atoms with Crippen LogP contribution in [0.4, 0.5) is 17.2 Å². The Morgan fingerprint density at radius 1 is 0.833 bits per heavy atom. The van der Waals surface area contributed by atoms with Crippen molar-refractivity contribution in [2.24, 2.45) is 0 Å². The molecule has 2 N–H and O–H groups in total. The molecule has 0 saturated carbocycles. The third kappa shape index (κ3) is 7.22. The topological polar surface area (TPSA) is 121 Å². The standard InChI is InChI=1S/C28H28N4O6S.3ClH/c1-37-25-11-9-21(17-26(25)38-2)39(35,36)30-19-8-10-24-22(16-19)23(28(33)34)18-27(29-24)32-14-12-31(13-15-32)20-6-4-3-5-7-20;;;/h3-11,16-18,30H,12-15H2,1-2H3,(H,33,34);3*1H. The van der Waals surface area contributed by atoms with E-state index in [1.807, 2.05) is 18.2 Å². The van der Waals surface area contributed by atoms with Gasteiger partial charge in [-0.15, -0.1) is 37.2 Å². The molecule has 2 heterocycles. The summed E-state index contributed by atoms with van der Waals surface area (Å²) in [5, 5.41) is 10.3. The van der Waals surface area contributed by atoms with Gasteiger partial charge in [0, 0.05) is 49.0 Å². The number of carboxylic acids is 1. The molecule has 14 heteroatoms. The van der Waals surface area contributed by atoms with E-state index >= 15 is 0 Å². The Hall–Kier alpha value is -3.64. The zero-order valence-electron chi connectivity index (χ0n) is 22.7. The number of pyridine rings is 1. The van der Waals surface area contributed by atoms with Crippen molar-refractivity contribution >= 4 is 81.3 Å². The van der Waals surface area contributed by atoms with Crippen molar-refractivity contribution in [3.63, 3.8) is 0 Å². The lowest BCUT2D eigenvalue weighted by molar-refractivity contribution is 0.0699. The first-order chi connectivity index (χ1) is 18.8. The van der Waals surface area contributed by atoms with Gasteiger partial charge in [-0.3, -0.25) is 4.72 Å². The molecule has 0 atom stereocenters. The van der Waals surface area contributed by atoms with Crippen LogP contribution in [0.25, 0.3) is 10.9 Å². The van der Waals surface area contributed by atoms with Crippen LogP contribution in [0.5, 0.6) is 11.5 Å². The van der Waals surface area contributed by atoms with Crippen molar-refractivity contribution in [3.8, 4) is 11.5 Å². The number of rotatable bonds is 8. The summed E-state index contributed by atoms with van der Waals surface area (Å²) < 4.78 is 39.0. The molecule has 0 radical (unpaired) electrons. The Labute approximate surface area is 262 Å². The van der Waals surface area contributed by atoms with Crippen molar-refractivity contribution in [2.45, 2.75) is 4.90 Å². The number of aromatic carboxylic acids is 1. The maximum Gasteiger partial charge on any atom is 0.336 e. The second kappa shape index (κ2) is 14.5. The van der Waals surface area contributed by atoms with E-state index in [0.717, 1.165) is 18.8 Å². The number of carbonyl (C=O) groups is 1. The number of halogens is 3. The molecule has 4 aromatic rings. The first-order valence-corrected chi connectivity index (χ1v) is 13.8. The molecule has 0 unspecified atom stereocenters. The fraction of sp³-hybridized carbons (Fsp3) is 0.214. The molecule has 1 aromatic heterocycles. The van der Waals surface area contributed by atoms with Gasteiger partial charge in [0.1, 0.15) is 5.82 Å². The summed E-state index contributed by atoms with van der Waals surface area (Å²) in [5.74, 6) is 0.128. The molecule has 1 saturated heterocycles. The van der Waals surface area contributed by atoms with Crippen LogP contribution in [-0.2, 0) is 10.0 Å². The van der Waals surface area contributed by atoms with Crippen molar-refractivity contribution < 1.29 is 27.8 Å². The summed E-state index contributed by atoms with van der Waals surface area (Å²) >= 11 is 0. The minimum absolute atomic E-state index is 0. The lowest BCUT2D eigenvalue weighted by Gasteiger charge is -2.37. The number of carboxylic acid groups (broad SMARTS) is 1. The van der Waals surface area contributed by atoms with Crippen LogP contribution in [0.15, 0.2) is 77.7 Å². The van der Waals surface area contributed by atoms with E-state index in [2.05, 4.69) is 26.7 Å². The van der Waals surface area contributed by atoms with E-state index in [9.17, 15) is 18.3 Å². The minimum atomic E-state index is -3.99. The maximum atomic E-state index is 13.1. The van der Waals surface area contributed by atoms with E-state index in [0.29, 0.717) is 35.6 Å². The minimum Gasteiger partial charge on any atom is -0.493 e. The Morgan fingerprint density at radius 2 is 1.48 bits per heavy atom. The number of fused-ring (bicyclic) bond motifs is 1. The normalized spacial score (nSPS) is 12.8. The second-order valence-electron chi connectivity index (χ2n) is 9.00. The van der Waals surface area contributed by atoms with Gasteiger partial charge in [-0.05, 0) is 48.5 Å². The van der Waals surface area contributed by atoms with Crippen molar-refractivity contribution in [1.29, 1.82) is 0 Å².